The van der Waals surface area contributed by atoms with Crippen LogP contribution in [-0.2, 0) is 29.6 Å². The van der Waals surface area contributed by atoms with Gasteiger partial charge in [0.1, 0.15) is 16.4 Å². The van der Waals surface area contributed by atoms with E-state index in [0.29, 0.717) is 60.7 Å². The molecule has 0 saturated carbocycles. The highest BCUT2D eigenvalue weighted by Crippen LogP contribution is 2.41. The molecular formula is C23H25BrN2O5S. The van der Waals surface area contributed by atoms with E-state index >= 15 is 0 Å². The number of esters is 1. The van der Waals surface area contributed by atoms with Crippen molar-refractivity contribution in [2.75, 3.05) is 19.7 Å². The molecule has 1 saturated heterocycles. The molecule has 170 valence electrons. The standard InChI is InChI=1S/C23H25BrN2O5S/c1-4-30-23(28)19-18-15(12-26-8-5-6-9-26)21(27)16(24)11-17(18)25(3)20(19)22(32-29)14-7-10-31-13(14)2/h7,10-11,27H,4-6,8-9,12H2,1-3H3. The first-order valence-electron chi connectivity index (χ1n) is 10.5. The third kappa shape index (κ3) is 3.82. The molecular weight excluding hydrogens is 496 g/mol. The Bertz CT molecular complexity index is 1250. The van der Waals surface area contributed by atoms with Gasteiger partial charge < -0.3 is 18.8 Å². The van der Waals surface area contributed by atoms with Gasteiger partial charge in [-0.15, -0.1) is 0 Å². The minimum absolute atomic E-state index is 0.0999. The molecule has 2 aromatic heterocycles. The van der Waals surface area contributed by atoms with Gasteiger partial charge in [-0.1, -0.05) is 0 Å². The molecule has 0 radical (unpaired) electrons. The lowest BCUT2D eigenvalue weighted by Crippen LogP contribution is -2.19. The van der Waals surface area contributed by atoms with Crippen molar-refractivity contribution in [3.05, 3.63) is 51.0 Å². The molecule has 0 unspecified atom stereocenters. The van der Waals surface area contributed by atoms with Crippen LogP contribution in [0.4, 0.5) is 0 Å². The van der Waals surface area contributed by atoms with Crippen molar-refractivity contribution in [1.29, 1.82) is 0 Å². The van der Waals surface area contributed by atoms with Crippen molar-refractivity contribution in [1.82, 2.24) is 9.47 Å². The summed E-state index contributed by atoms with van der Waals surface area (Å²) in [5.74, 6) is 0.165. The van der Waals surface area contributed by atoms with Crippen LogP contribution < -0.4 is 0 Å². The third-order valence-corrected chi connectivity index (χ3v) is 7.16. The maximum Gasteiger partial charge on any atom is 0.341 e. The molecule has 4 rings (SSSR count). The first-order chi connectivity index (χ1) is 15.4. The number of hydrogen-bond acceptors (Lipinski definition) is 6. The van der Waals surface area contributed by atoms with E-state index in [1.165, 1.54) is 6.26 Å². The van der Waals surface area contributed by atoms with Crippen LogP contribution in [0.25, 0.3) is 10.9 Å². The molecule has 7 nitrogen and oxygen atoms in total. The molecule has 1 fully saturated rings. The summed E-state index contributed by atoms with van der Waals surface area (Å²) in [5, 5.41) is 11.6. The van der Waals surface area contributed by atoms with Gasteiger partial charge in [-0.2, -0.15) is 0 Å². The van der Waals surface area contributed by atoms with Crippen molar-refractivity contribution in [3.8, 4) is 5.75 Å². The number of carbonyl (C=O) groups excluding carboxylic acids is 1. The molecule has 0 amide bonds. The third-order valence-electron chi connectivity index (χ3n) is 5.98. The molecule has 3 heterocycles. The zero-order valence-corrected chi connectivity index (χ0v) is 20.6. The number of fused-ring (bicyclic) bond motifs is 1. The van der Waals surface area contributed by atoms with Gasteiger partial charge in [0.15, 0.2) is 0 Å². The van der Waals surface area contributed by atoms with Crippen LogP contribution in [0.15, 0.2) is 27.3 Å². The Morgan fingerprint density at radius 2 is 2.06 bits per heavy atom. The lowest BCUT2D eigenvalue weighted by Gasteiger charge is -2.18. The summed E-state index contributed by atoms with van der Waals surface area (Å²) in [6.07, 6.45) is 3.73. The number of carbonyl (C=O) groups is 1. The average molecular weight is 521 g/mol. The molecule has 1 aliphatic rings. The molecule has 1 N–H and O–H groups in total. The summed E-state index contributed by atoms with van der Waals surface area (Å²) in [4.78, 5) is 15.9. The second kappa shape index (κ2) is 9.25. The minimum Gasteiger partial charge on any atom is -0.506 e. The Morgan fingerprint density at radius 3 is 2.66 bits per heavy atom. The van der Waals surface area contributed by atoms with Gasteiger partial charge in [0.25, 0.3) is 0 Å². The molecule has 1 aromatic carbocycles. The maximum atomic E-state index is 13.3. The second-order valence-electron chi connectivity index (χ2n) is 7.87. The maximum absolute atomic E-state index is 13.3. The van der Waals surface area contributed by atoms with Gasteiger partial charge in [0, 0.05) is 30.1 Å². The molecule has 3 aromatic rings. The zero-order chi connectivity index (χ0) is 23.0. The minimum atomic E-state index is -0.523. The normalized spacial score (nSPS) is 14.2. The van der Waals surface area contributed by atoms with Crippen LogP contribution in [0.3, 0.4) is 0 Å². The highest BCUT2D eigenvalue weighted by Gasteiger charge is 2.31. The van der Waals surface area contributed by atoms with E-state index in [4.69, 9.17) is 9.15 Å². The number of aromatic hydroxyl groups is 1. The highest BCUT2D eigenvalue weighted by atomic mass is 79.9. The van der Waals surface area contributed by atoms with Gasteiger partial charge in [-0.05, 0) is 67.8 Å². The zero-order valence-electron chi connectivity index (χ0n) is 18.2. The van der Waals surface area contributed by atoms with Crippen molar-refractivity contribution in [2.24, 2.45) is 7.05 Å². The lowest BCUT2D eigenvalue weighted by molar-refractivity contribution is 0.0528. The van der Waals surface area contributed by atoms with E-state index in [9.17, 15) is 14.1 Å². The summed E-state index contributed by atoms with van der Waals surface area (Å²) < 4.78 is 25.6. The van der Waals surface area contributed by atoms with Crippen molar-refractivity contribution in [2.45, 2.75) is 33.2 Å². The quantitative estimate of drug-likeness (QED) is 0.299. The molecule has 1 aliphatic heterocycles. The van der Waals surface area contributed by atoms with Crippen LogP contribution in [0.2, 0.25) is 0 Å². The van der Waals surface area contributed by atoms with Crippen molar-refractivity contribution in [3.63, 3.8) is 0 Å². The van der Waals surface area contributed by atoms with E-state index in [1.54, 1.807) is 26.0 Å². The fourth-order valence-corrected chi connectivity index (χ4v) is 5.52. The van der Waals surface area contributed by atoms with Crippen molar-refractivity contribution < 1.29 is 23.3 Å². The topological polar surface area (TPSA) is 84.9 Å². The SMILES string of the molecule is CCOC(=O)c1c(C(=S=O)c2ccoc2C)n(C)c2cc(Br)c(O)c(CN3CCCC3)c12. The summed E-state index contributed by atoms with van der Waals surface area (Å²) in [5.41, 5.74) is 2.77. The smallest absolute Gasteiger partial charge is 0.341 e. The Balaban J connectivity index is 2.07. The summed E-state index contributed by atoms with van der Waals surface area (Å²) >= 11 is 3.78. The summed E-state index contributed by atoms with van der Waals surface area (Å²) in [6, 6.07) is 3.50. The van der Waals surface area contributed by atoms with E-state index in [0.717, 1.165) is 31.4 Å². The number of rotatable bonds is 6. The number of hydrogen-bond donors (Lipinski definition) is 1. The van der Waals surface area contributed by atoms with Gasteiger partial charge in [-0.25, -0.2) is 9.00 Å². The van der Waals surface area contributed by atoms with Crippen LogP contribution in [-0.4, -0.2) is 49.3 Å². The van der Waals surface area contributed by atoms with Gasteiger partial charge in [-0.3, -0.25) is 4.90 Å². The number of aromatic nitrogens is 1. The number of phenolic OH excluding ortho intramolecular Hbond substituents is 1. The number of likely N-dealkylation sites (tertiary alicyclic amines) is 1. The van der Waals surface area contributed by atoms with Gasteiger partial charge in [0.2, 0.25) is 0 Å². The number of nitrogens with zero attached hydrogens (tertiary/aromatic N) is 2. The molecule has 0 spiro atoms. The summed E-state index contributed by atoms with van der Waals surface area (Å²) in [7, 11) is 1.81. The van der Waals surface area contributed by atoms with Crippen LogP contribution in [0.5, 0.6) is 5.75 Å². The number of ether oxygens (including phenoxy) is 1. The molecule has 32 heavy (non-hydrogen) atoms. The fraction of sp³-hybridized carbons (Fsp3) is 0.391. The number of phenols is 1. The number of furan rings is 1. The predicted octanol–water partition coefficient (Wildman–Crippen LogP) is 4.10. The summed E-state index contributed by atoms with van der Waals surface area (Å²) in [6.45, 7) is 6.09. The highest BCUT2D eigenvalue weighted by molar-refractivity contribution is 9.10. The van der Waals surface area contributed by atoms with Gasteiger partial charge in [0.05, 0.1) is 45.4 Å². The monoisotopic (exact) mass is 520 g/mol. The van der Waals surface area contributed by atoms with Crippen LogP contribution >= 0.6 is 15.9 Å². The molecule has 9 heteroatoms. The molecule has 0 bridgehead atoms. The lowest BCUT2D eigenvalue weighted by atomic mass is 10.0. The number of aryl methyl sites for hydroxylation is 2. The first kappa shape index (κ1) is 22.8. The van der Waals surface area contributed by atoms with Gasteiger partial charge >= 0.3 is 5.97 Å². The first-order valence-corrected chi connectivity index (χ1v) is 12.1. The molecule has 0 atom stereocenters. The van der Waals surface area contributed by atoms with E-state index in [2.05, 4.69) is 20.8 Å². The second-order valence-corrected chi connectivity index (χ2v) is 9.30. The van der Waals surface area contributed by atoms with Crippen LogP contribution in [0.1, 0.15) is 52.7 Å². The fourth-order valence-electron chi connectivity index (χ4n) is 4.45. The number of benzene rings is 1. The largest absolute Gasteiger partial charge is 0.506 e. The van der Waals surface area contributed by atoms with Crippen LogP contribution in [0, 0.1) is 6.92 Å². The average Bonchev–Trinajstić information content (AvgIpc) is 3.49. The Kier molecular flexibility index (Phi) is 6.60. The molecule has 0 aliphatic carbocycles. The Hall–Kier alpha value is -2.36. The Labute approximate surface area is 198 Å². The van der Waals surface area contributed by atoms with E-state index in [1.807, 2.05) is 11.6 Å². The van der Waals surface area contributed by atoms with Crippen molar-refractivity contribution >= 4 is 48.9 Å². The van der Waals surface area contributed by atoms with E-state index < -0.39 is 5.97 Å². The van der Waals surface area contributed by atoms with E-state index in [-0.39, 0.29) is 12.4 Å². The predicted molar refractivity (Wildman–Crippen MR) is 128 cm³/mol. The Morgan fingerprint density at radius 1 is 1.34 bits per heavy atom. The number of halogens is 1.